The summed E-state index contributed by atoms with van der Waals surface area (Å²) in [6, 6.07) is 23.1. The van der Waals surface area contributed by atoms with Crippen molar-refractivity contribution in [3.63, 3.8) is 0 Å². The standard InChI is InChI=1S/C23H24N2O3S/c1-18-12-14-21(15-13-18)25(3)29(27,28)22-11-7-10-20(16-22)23(26)24(2)17-19-8-5-4-6-9-19/h4-16H,17H2,1-3H3. The first-order valence-corrected chi connectivity index (χ1v) is 10.7. The van der Waals surface area contributed by atoms with Crippen molar-refractivity contribution in [3.8, 4) is 0 Å². The van der Waals surface area contributed by atoms with Crippen LogP contribution in [0.5, 0.6) is 0 Å². The molecule has 3 aromatic rings. The average molecular weight is 409 g/mol. The second-order valence-corrected chi connectivity index (χ2v) is 8.95. The van der Waals surface area contributed by atoms with Crippen LogP contribution in [0.3, 0.4) is 0 Å². The highest BCUT2D eigenvalue weighted by Crippen LogP contribution is 2.23. The Balaban J connectivity index is 1.84. The molecule has 0 fully saturated rings. The van der Waals surface area contributed by atoms with Crippen molar-refractivity contribution >= 4 is 21.6 Å². The molecular formula is C23H24N2O3S. The summed E-state index contributed by atoms with van der Waals surface area (Å²) in [6.07, 6.45) is 0. The highest BCUT2D eigenvalue weighted by Gasteiger charge is 2.23. The molecule has 6 heteroatoms. The third kappa shape index (κ3) is 4.66. The number of nitrogens with zero attached hydrogens (tertiary/aromatic N) is 2. The van der Waals surface area contributed by atoms with E-state index in [4.69, 9.17) is 0 Å². The van der Waals surface area contributed by atoms with Gasteiger partial charge in [-0.2, -0.15) is 0 Å². The van der Waals surface area contributed by atoms with E-state index < -0.39 is 10.0 Å². The zero-order chi connectivity index (χ0) is 21.0. The Labute approximate surface area is 172 Å². The summed E-state index contributed by atoms with van der Waals surface area (Å²) in [5.74, 6) is -0.233. The third-order valence-electron chi connectivity index (χ3n) is 4.75. The van der Waals surface area contributed by atoms with E-state index in [1.165, 1.54) is 23.5 Å². The highest BCUT2D eigenvalue weighted by molar-refractivity contribution is 7.92. The fraction of sp³-hybridized carbons (Fsp3) is 0.174. The Morgan fingerprint density at radius 3 is 2.17 bits per heavy atom. The molecule has 0 saturated carbocycles. The van der Waals surface area contributed by atoms with Crippen LogP contribution in [0.4, 0.5) is 5.69 Å². The Morgan fingerprint density at radius 2 is 1.52 bits per heavy atom. The molecule has 0 atom stereocenters. The van der Waals surface area contributed by atoms with Crippen molar-refractivity contribution in [2.75, 3.05) is 18.4 Å². The molecule has 29 heavy (non-hydrogen) atoms. The average Bonchev–Trinajstić information content (AvgIpc) is 2.74. The van der Waals surface area contributed by atoms with Crippen LogP contribution in [0, 0.1) is 6.92 Å². The van der Waals surface area contributed by atoms with Crippen LogP contribution in [0.2, 0.25) is 0 Å². The number of hydrogen-bond donors (Lipinski definition) is 0. The molecule has 5 nitrogen and oxygen atoms in total. The summed E-state index contributed by atoms with van der Waals surface area (Å²) >= 11 is 0. The van der Waals surface area contributed by atoms with Crippen molar-refractivity contribution < 1.29 is 13.2 Å². The molecule has 150 valence electrons. The van der Waals surface area contributed by atoms with E-state index in [0.717, 1.165) is 11.1 Å². The molecule has 3 aromatic carbocycles. The minimum Gasteiger partial charge on any atom is -0.337 e. The van der Waals surface area contributed by atoms with Gasteiger partial charge >= 0.3 is 0 Å². The normalized spacial score (nSPS) is 11.1. The smallest absolute Gasteiger partial charge is 0.264 e. The van der Waals surface area contributed by atoms with Crippen LogP contribution in [-0.4, -0.2) is 33.3 Å². The molecule has 0 heterocycles. The molecule has 0 spiro atoms. The van der Waals surface area contributed by atoms with Gasteiger partial charge in [0.15, 0.2) is 0 Å². The predicted molar refractivity (Wildman–Crippen MR) is 115 cm³/mol. The number of carbonyl (C=O) groups is 1. The number of anilines is 1. The predicted octanol–water partition coefficient (Wildman–Crippen LogP) is 4.09. The Kier molecular flexibility index (Phi) is 6.03. The number of rotatable bonds is 6. The van der Waals surface area contributed by atoms with Crippen molar-refractivity contribution in [1.82, 2.24) is 4.90 Å². The summed E-state index contributed by atoms with van der Waals surface area (Å²) in [5, 5.41) is 0. The molecule has 1 amide bonds. The molecule has 0 aliphatic carbocycles. The van der Waals surface area contributed by atoms with E-state index in [1.807, 2.05) is 49.4 Å². The van der Waals surface area contributed by atoms with Gasteiger partial charge in [0.25, 0.3) is 15.9 Å². The summed E-state index contributed by atoms with van der Waals surface area (Å²) in [6.45, 7) is 2.39. The highest BCUT2D eigenvalue weighted by atomic mass is 32.2. The monoisotopic (exact) mass is 408 g/mol. The molecule has 3 rings (SSSR count). The fourth-order valence-corrected chi connectivity index (χ4v) is 4.23. The lowest BCUT2D eigenvalue weighted by Gasteiger charge is -2.21. The lowest BCUT2D eigenvalue weighted by molar-refractivity contribution is 0.0785. The molecule has 0 bridgehead atoms. The van der Waals surface area contributed by atoms with Gasteiger partial charge in [-0.05, 0) is 42.8 Å². The minimum atomic E-state index is -3.78. The summed E-state index contributed by atoms with van der Waals surface area (Å²) in [7, 11) is -0.570. The van der Waals surface area contributed by atoms with Gasteiger partial charge < -0.3 is 4.90 Å². The first kappa shape index (κ1) is 20.6. The van der Waals surface area contributed by atoms with Gasteiger partial charge in [-0.3, -0.25) is 9.10 Å². The zero-order valence-electron chi connectivity index (χ0n) is 16.7. The molecule has 0 radical (unpaired) electrons. The van der Waals surface area contributed by atoms with Crippen LogP contribution in [0.1, 0.15) is 21.5 Å². The number of hydrogen-bond acceptors (Lipinski definition) is 3. The molecule has 0 saturated heterocycles. The van der Waals surface area contributed by atoms with Gasteiger partial charge in [-0.25, -0.2) is 8.42 Å². The summed E-state index contributed by atoms with van der Waals surface area (Å²) in [4.78, 5) is 14.5. The van der Waals surface area contributed by atoms with Crippen molar-refractivity contribution in [2.45, 2.75) is 18.4 Å². The van der Waals surface area contributed by atoms with Gasteiger partial charge in [-0.15, -0.1) is 0 Å². The second kappa shape index (κ2) is 8.49. The van der Waals surface area contributed by atoms with Crippen LogP contribution in [0.25, 0.3) is 0 Å². The number of carbonyl (C=O) groups excluding carboxylic acids is 1. The Morgan fingerprint density at radius 1 is 0.862 bits per heavy atom. The quantitative estimate of drug-likeness (QED) is 0.617. The van der Waals surface area contributed by atoms with Gasteiger partial charge in [0.1, 0.15) is 0 Å². The third-order valence-corrected chi connectivity index (χ3v) is 6.53. The maximum Gasteiger partial charge on any atom is 0.264 e. The number of benzene rings is 3. The number of sulfonamides is 1. The Hall–Kier alpha value is -3.12. The Bertz CT molecular complexity index is 1090. The van der Waals surface area contributed by atoms with E-state index in [2.05, 4.69) is 0 Å². The van der Waals surface area contributed by atoms with E-state index in [9.17, 15) is 13.2 Å². The molecule has 0 unspecified atom stereocenters. The van der Waals surface area contributed by atoms with Gasteiger partial charge in [-0.1, -0.05) is 54.1 Å². The topological polar surface area (TPSA) is 57.7 Å². The minimum absolute atomic E-state index is 0.0829. The largest absolute Gasteiger partial charge is 0.337 e. The van der Waals surface area contributed by atoms with Crippen molar-refractivity contribution in [1.29, 1.82) is 0 Å². The first-order chi connectivity index (χ1) is 13.8. The van der Waals surface area contributed by atoms with Crippen LogP contribution in [0.15, 0.2) is 83.8 Å². The molecule has 0 aromatic heterocycles. The number of amides is 1. The zero-order valence-corrected chi connectivity index (χ0v) is 17.6. The van der Waals surface area contributed by atoms with Gasteiger partial charge in [0.05, 0.1) is 10.6 Å². The van der Waals surface area contributed by atoms with E-state index in [0.29, 0.717) is 17.8 Å². The molecular weight excluding hydrogens is 384 g/mol. The van der Waals surface area contributed by atoms with Crippen molar-refractivity contribution in [2.24, 2.45) is 0 Å². The molecule has 0 aliphatic heterocycles. The number of aryl methyl sites for hydroxylation is 1. The first-order valence-electron chi connectivity index (χ1n) is 9.24. The fourth-order valence-electron chi connectivity index (χ4n) is 2.99. The second-order valence-electron chi connectivity index (χ2n) is 6.98. The lowest BCUT2D eigenvalue weighted by Crippen LogP contribution is -2.28. The maximum atomic E-state index is 13.1. The SMILES string of the molecule is Cc1ccc(N(C)S(=O)(=O)c2cccc(C(=O)N(C)Cc3ccccc3)c2)cc1. The van der Waals surface area contributed by atoms with Crippen molar-refractivity contribution in [3.05, 3.63) is 95.6 Å². The van der Waals surface area contributed by atoms with E-state index >= 15 is 0 Å². The van der Waals surface area contributed by atoms with Gasteiger partial charge in [0.2, 0.25) is 0 Å². The summed E-state index contributed by atoms with van der Waals surface area (Å²) < 4.78 is 27.3. The lowest BCUT2D eigenvalue weighted by atomic mass is 10.1. The van der Waals surface area contributed by atoms with E-state index in [1.54, 1.807) is 36.2 Å². The maximum absolute atomic E-state index is 13.1. The van der Waals surface area contributed by atoms with Gasteiger partial charge in [0, 0.05) is 26.2 Å². The van der Waals surface area contributed by atoms with Crippen LogP contribution >= 0.6 is 0 Å². The molecule has 0 N–H and O–H groups in total. The van der Waals surface area contributed by atoms with Crippen LogP contribution < -0.4 is 4.31 Å². The molecule has 0 aliphatic rings. The summed E-state index contributed by atoms with van der Waals surface area (Å²) in [5.41, 5.74) is 2.95. The van der Waals surface area contributed by atoms with Crippen LogP contribution in [-0.2, 0) is 16.6 Å². The van der Waals surface area contributed by atoms with E-state index in [-0.39, 0.29) is 10.8 Å².